The third kappa shape index (κ3) is 1.18. The minimum absolute atomic E-state index is 0.448. The number of hydrogen-bond acceptors (Lipinski definition) is 1. The maximum Gasteiger partial charge on any atom is 0.0148 e. The average molecular weight is 223 g/mol. The van der Waals surface area contributed by atoms with E-state index in [1.54, 1.807) is 5.56 Å². The van der Waals surface area contributed by atoms with Crippen LogP contribution in [0.15, 0.2) is 42.5 Å². The van der Waals surface area contributed by atoms with Gasteiger partial charge in [0.05, 0.1) is 0 Å². The molecule has 1 saturated carbocycles. The smallest absolute Gasteiger partial charge is 0.0148 e. The normalized spacial score (nSPS) is 34.9. The summed E-state index contributed by atoms with van der Waals surface area (Å²) in [5.74, 6) is 0.874. The van der Waals surface area contributed by atoms with E-state index in [-0.39, 0.29) is 0 Å². The third-order valence-electron chi connectivity index (χ3n) is 4.88. The Kier molecular flexibility index (Phi) is 1.77. The fourth-order valence-electron chi connectivity index (χ4n) is 3.72. The van der Waals surface area contributed by atoms with Crippen LogP contribution in [0.4, 0.5) is 0 Å². The zero-order valence-corrected chi connectivity index (χ0v) is 10.1. The lowest BCUT2D eigenvalue weighted by molar-refractivity contribution is 0.521. The standard InChI is InChI=1S/C16H17N/c1-11-16(9-15(16)10-17-11)14-7-6-12-4-2-3-5-13(12)8-14/h2-8,11,15,17H,9-10H2,1H3. The third-order valence-corrected chi connectivity index (χ3v) is 4.88. The number of rotatable bonds is 1. The van der Waals surface area contributed by atoms with E-state index in [1.165, 1.54) is 23.7 Å². The molecule has 4 rings (SSSR count). The van der Waals surface area contributed by atoms with Gasteiger partial charge in [0.1, 0.15) is 0 Å². The van der Waals surface area contributed by atoms with Crippen molar-refractivity contribution < 1.29 is 0 Å². The summed E-state index contributed by atoms with van der Waals surface area (Å²) in [4.78, 5) is 0. The monoisotopic (exact) mass is 223 g/mol. The molecule has 86 valence electrons. The van der Waals surface area contributed by atoms with Crippen molar-refractivity contribution in [3.63, 3.8) is 0 Å². The fourth-order valence-corrected chi connectivity index (χ4v) is 3.72. The summed E-state index contributed by atoms with van der Waals surface area (Å²) in [7, 11) is 0. The molecule has 2 fully saturated rings. The quantitative estimate of drug-likeness (QED) is 0.783. The predicted octanol–water partition coefficient (Wildman–Crippen LogP) is 3.09. The van der Waals surface area contributed by atoms with Crippen LogP contribution in [0, 0.1) is 5.92 Å². The summed E-state index contributed by atoms with van der Waals surface area (Å²) < 4.78 is 0. The van der Waals surface area contributed by atoms with Gasteiger partial charge in [0.2, 0.25) is 0 Å². The van der Waals surface area contributed by atoms with Crippen LogP contribution >= 0.6 is 0 Å². The lowest BCUT2D eigenvalue weighted by Gasteiger charge is -2.20. The molecular weight excluding hydrogens is 206 g/mol. The number of benzene rings is 2. The van der Waals surface area contributed by atoms with Crippen molar-refractivity contribution in [1.82, 2.24) is 5.32 Å². The maximum atomic E-state index is 3.61. The van der Waals surface area contributed by atoms with Crippen molar-refractivity contribution in [2.24, 2.45) is 5.92 Å². The molecule has 1 saturated heterocycles. The van der Waals surface area contributed by atoms with Crippen molar-refractivity contribution in [1.29, 1.82) is 0 Å². The van der Waals surface area contributed by atoms with Gasteiger partial charge in [-0.3, -0.25) is 0 Å². The second-order valence-electron chi connectivity index (χ2n) is 5.63. The van der Waals surface area contributed by atoms with E-state index in [1.807, 2.05) is 0 Å². The molecule has 0 bridgehead atoms. The Balaban J connectivity index is 1.87. The zero-order valence-electron chi connectivity index (χ0n) is 10.1. The van der Waals surface area contributed by atoms with E-state index >= 15 is 0 Å². The molecule has 0 spiro atoms. The topological polar surface area (TPSA) is 12.0 Å². The Morgan fingerprint density at radius 1 is 1.12 bits per heavy atom. The Morgan fingerprint density at radius 2 is 1.94 bits per heavy atom. The van der Waals surface area contributed by atoms with Gasteiger partial charge in [-0.25, -0.2) is 0 Å². The van der Waals surface area contributed by atoms with Gasteiger partial charge in [0.15, 0.2) is 0 Å². The van der Waals surface area contributed by atoms with Crippen LogP contribution in [0.2, 0.25) is 0 Å². The molecule has 0 aromatic heterocycles. The zero-order chi connectivity index (χ0) is 11.5. The summed E-state index contributed by atoms with van der Waals surface area (Å²) in [6.45, 7) is 3.54. The summed E-state index contributed by atoms with van der Waals surface area (Å²) in [6.07, 6.45) is 1.37. The van der Waals surface area contributed by atoms with Gasteiger partial charge in [-0.15, -0.1) is 0 Å². The van der Waals surface area contributed by atoms with Crippen LogP contribution in [-0.2, 0) is 5.41 Å². The van der Waals surface area contributed by atoms with Gasteiger partial charge in [0, 0.05) is 11.5 Å². The molecule has 1 aliphatic heterocycles. The van der Waals surface area contributed by atoms with Crippen molar-refractivity contribution >= 4 is 10.8 Å². The van der Waals surface area contributed by atoms with Gasteiger partial charge in [-0.2, -0.15) is 0 Å². The van der Waals surface area contributed by atoms with Crippen LogP contribution in [0.25, 0.3) is 10.8 Å². The van der Waals surface area contributed by atoms with Crippen LogP contribution in [0.1, 0.15) is 18.9 Å². The molecule has 1 N–H and O–H groups in total. The molecule has 2 aromatic carbocycles. The fraction of sp³-hybridized carbons (Fsp3) is 0.375. The second kappa shape index (κ2) is 3.11. The Bertz CT molecular complexity index is 589. The first kappa shape index (κ1) is 9.67. The van der Waals surface area contributed by atoms with Crippen LogP contribution in [0.5, 0.6) is 0 Å². The molecule has 2 aromatic rings. The van der Waals surface area contributed by atoms with Crippen LogP contribution in [-0.4, -0.2) is 12.6 Å². The van der Waals surface area contributed by atoms with Gasteiger partial charge in [-0.05, 0) is 42.1 Å². The Morgan fingerprint density at radius 3 is 2.65 bits per heavy atom. The summed E-state index contributed by atoms with van der Waals surface area (Å²) in [5, 5.41) is 6.34. The average Bonchev–Trinajstić information content (AvgIpc) is 3.03. The van der Waals surface area contributed by atoms with Gasteiger partial charge in [0.25, 0.3) is 0 Å². The Labute approximate surface area is 102 Å². The largest absolute Gasteiger partial charge is 0.313 e. The van der Waals surface area contributed by atoms with E-state index in [9.17, 15) is 0 Å². The lowest BCUT2D eigenvalue weighted by Crippen LogP contribution is -2.31. The van der Waals surface area contributed by atoms with Gasteiger partial charge < -0.3 is 5.32 Å². The van der Waals surface area contributed by atoms with Crippen molar-refractivity contribution in [2.75, 3.05) is 6.54 Å². The SMILES string of the molecule is CC1NCC2CC21c1ccc2ccccc2c1. The van der Waals surface area contributed by atoms with E-state index in [0.29, 0.717) is 11.5 Å². The number of nitrogens with one attached hydrogen (secondary N) is 1. The molecule has 1 nitrogen and oxygen atoms in total. The van der Waals surface area contributed by atoms with Crippen molar-refractivity contribution in [3.8, 4) is 0 Å². The highest BCUT2D eigenvalue weighted by molar-refractivity contribution is 5.83. The lowest BCUT2D eigenvalue weighted by atomic mass is 9.87. The first-order valence-electron chi connectivity index (χ1n) is 6.53. The van der Waals surface area contributed by atoms with Crippen molar-refractivity contribution in [2.45, 2.75) is 24.8 Å². The second-order valence-corrected chi connectivity index (χ2v) is 5.63. The molecule has 1 aliphatic carbocycles. The van der Waals surface area contributed by atoms with E-state index in [4.69, 9.17) is 0 Å². The van der Waals surface area contributed by atoms with Gasteiger partial charge >= 0.3 is 0 Å². The van der Waals surface area contributed by atoms with Gasteiger partial charge in [-0.1, -0.05) is 42.5 Å². The number of fused-ring (bicyclic) bond motifs is 2. The van der Waals surface area contributed by atoms with Crippen LogP contribution in [0.3, 0.4) is 0 Å². The number of hydrogen-bond donors (Lipinski definition) is 1. The molecule has 1 heterocycles. The summed E-state index contributed by atoms with van der Waals surface area (Å²) in [5.41, 5.74) is 1.99. The molecule has 3 unspecified atom stereocenters. The van der Waals surface area contributed by atoms with E-state index in [0.717, 1.165) is 5.92 Å². The summed E-state index contributed by atoms with van der Waals surface area (Å²) >= 11 is 0. The maximum absolute atomic E-state index is 3.61. The number of piperidine rings is 1. The minimum Gasteiger partial charge on any atom is -0.313 e. The molecule has 3 atom stereocenters. The first-order valence-corrected chi connectivity index (χ1v) is 6.53. The molecule has 2 aliphatic rings. The summed E-state index contributed by atoms with van der Waals surface area (Å²) in [6, 6.07) is 16.3. The highest BCUT2D eigenvalue weighted by Gasteiger charge is 2.62. The molecular formula is C16H17N. The first-order chi connectivity index (χ1) is 8.30. The Hall–Kier alpha value is -1.34. The molecule has 1 heteroatoms. The highest BCUT2D eigenvalue weighted by atomic mass is 15.0. The van der Waals surface area contributed by atoms with E-state index in [2.05, 4.69) is 54.7 Å². The van der Waals surface area contributed by atoms with E-state index < -0.39 is 0 Å². The van der Waals surface area contributed by atoms with Crippen LogP contribution < -0.4 is 5.32 Å². The van der Waals surface area contributed by atoms with Crippen molar-refractivity contribution in [3.05, 3.63) is 48.0 Å². The highest BCUT2D eigenvalue weighted by Crippen LogP contribution is 2.59. The molecule has 17 heavy (non-hydrogen) atoms. The molecule has 0 amide bonds. The predicted molar refractivity (Wildman–Crippen MR) is 71.2 cm³/mol. The minimum atomic E-state index is 0.448. The molecule has 0 radical (unpaired) electrons.